The Hall–Kier alpha value is -2.20. The predicted octanol–water partition coefficient (Wildman–Crippen LogP) is 3.88. The Bertz CT molecular complexity index is 684. The van der Waals surface area contributed by atoms with Crippen molar-refractivity contribution in [2.75, 3.05) is 10.7 Å². The molecule has 0 fully saturated rings. The molecule has 0 spiro atoms. The van der Waals surface area contributed by atoms with Crippen LogP contribution in [-0.2, 0) is 6.42 Å². The standard InChI is InChI=1S/C17H18N4.ClH/c1-2-8-13(9-3-1)20-21-17-18-14-10-4-6-12-7-5-11-15(19-17)16(12)14;/h1-4,6,8-10,15,20H,5,7,11H2,(H2,18,19,21);1H. The van der Waals surface area contributed by atoms with Crippen molar-refractivity contribution >= 4 is 29.7 Å². The van der Waals surface area contributed by atoms with Gasteiger partial charge in [0.05, 0.1) is 11.7 Å². The molecule has 0 amide bonds. The Morgan fingerprint density at radius 1 is 1.00 bits per heavy atom. The van der Waals surface area contributed by atoms with Crippen molar-refractivity contribution in [1.29, 1.82) is 0 Å². The van der Waals surface area contributed by atoms with E-state index in [1.54, 1.807) is 0 Å². The lowest BCUT2D eigenvalue weighted by molar-refractivity contribution is 0.568. The molecule has 2 aliphatic rings. The van der Waals surface area contributed by atoms with Crippen molar-refractivity contribution in [2.45, 2.75) is 25.3 Å². The largest absolute Gasteiger partial charge is 0.325 e. The van der Waals surface area contributed by atoms with Crippen LogP contribution in [0, 0.1) is 0 Å². The van der Waals surface area contributed by atoms with Crippen LogP contribution in [0.4, 0.5) is 11.4 Å². The molecule has 4 rings (SSSR count). The van der Waals surface area contributed by atoms with Gasteiger partial charge in [0.25, 0.3) is 0 Å². The minimum atomic E-state index is 0. The number of anilines is 2. The Balaban J connectivity index is 0.00000144. The smallest absolute Gasteiger partial charge is 0.215 e. The molecule has 5 heteroatoms. The van der Waals surface area contributed by atoms with E-state index in [0.717, 1.165) is 18.1 Å². The first-order valence-electron chi connectivity index (χ1n) is 7.44. The van der Waals surface area contributed by atoms with Crippen LogP contribution in [0.2, 0.25) is 0 Å². The van der Waals surface area contributed by atoms with Crippen LogP contribution in [0.5, 0.6) is 0 Å². The molecule has 1 aliphatic carbocycles. The second-order valence-corrected chi connectivity index (χ2v) is 5.51. The predicted molar refractivity (Wildman–Crippen MR) is 93.6 cm³/mol. The maximum absolute atomic E-state index is 4.80. The van der Waals surface area contributed by atoms with Gasteiger partial charge in [0, 0.05) is 11.3 Å². The Labute approximate surface area is 136 Å². The molecule has 1 unspecified atom stereocenters. The highest BCUT2D eigenvalue weighted by Crippen LogP contribution is 2.39. The lowest BCUT2D eigenvalue weighted by Gasteiger charge is -2.31. The van der Waals surface area contributed by atoms with Gasteiger partial charge in [-0.25, -0.2) is 4.99 Å². The van der Waals surface area contributed by atoms with Gasteiger partial charge in [-0.05, 0) is 43.0 Å². The number of hydrazine groups is 1. The van der Waals surface area contributed by atoms with Crippen molar-refractivity contribution in [2.24, 2.45) is 4.99 Å². The molecule has 114 valence electrons. The van der Waals surface area contributed by atoms with Crippen LogP contribution in [0.3, 0.4) is 0 Å². The molecule has 1 aliphatic heterocycles. The van der Waals surface area contributed by atoms with E-state index in [-0.39, 0.29) is 18.4 Å². The number of benzene rings is 2. The first-order chi connectivity index (χ1) is 10.4. The zero-order valence-corrected chi connectivity index (χ0v) is 13.0. The van der Waals surface area contributed by atoms with Gasteiger partial charge in [0.2, 0.25) is 5.96 Å². The van der Waals surface area contributed by atoms with E-state index in [1.807, 2.05) is 30.3 Å². The fourth-order valence-electron chi connectivity index (χ4n) is 3.12. The molecule has 22 heavy (non-hydrogen) atoms. The van der Waals surface area contributed by atoms with Crippen LogP contribution in [0.1, 0.15) is 30.0 Å². The summed E-state index contributed by atoms with van der Waals surface area (Å²) in [6, 6.07) is 16.8. The molecule has 2 aromatic carbocycles. The number of rotatable bonds is 2. The van der Waals surface area contributed by atoms with E-state index in [1.165, 1.54) is 29.7 Å². The third-order valence-corrected chi connectivity index (χ3v) is 4.09. The van der Waals surface area contributed by atoms with Crippen LogP contribution in [-0.4, -0.2) is 5.96 Å². The van der Waals surface area contributed by atoms with Gasteiger partial charge in [0.1, 0.15) is 0 Å². The highest BCUT2D eigenvalue weighted by atomic mass is 35.5. The van der Waals surface area contributed by atoms with Crippen molar-refractivity contribution in [3.05, 3.63) is 59.7 Å². The Morgan fingerprint density at radius 3 is 2.73 bits per heavy atom. The van der Waals surface area contributed by atoms with Gasteiger partial charge in [-0.3, -0.25) is 10.9 Å². The highest BCUT2D eigenvalue weighted by molar-refractivity contribution is 5.97. The number of nitrogens with zero attached hydrogens (tertiary/aromatic N) is 1. The molecule has 0 saturated heterocycles. The Kier molecular flexibility index (Phi) is 4.20. The molecule has 4 nitrogen and oxygen atoms in total. The molecule has 0 radical (unpaired) electrons. The van der Waals surface area contributed by atoms with Gasteiger partial charge in [0.15, 0.2) is 0 Å². The Morgan fingerprint density at radius 2 is 1.86 bits per heavy atom. The number of aliphatic imine (C=N–C) groups is 1. The number of aryl methyl sites for hydroxylation is 1. The fraction of sp³-hybridized carbons (Fsp3) is 0.235. The van der Waals surface area contributed by atoms with Crippen molar-refractivity contribution in [1.82, 2.24) is 5.43 Å². The van der Waals surface area contributed by atoms with E-state index in [4.69, 9.17) is 4.99 Å². The minimum Gasteiger partial charge on any atom is -0.325 e. The summed E-state index contributed by atoms with van der Waals surface area (Å²) in [7, 11) is 0. The summed E-state index contributed by atoms with van der Waals surface area (Å²) in [6.45, 7) is 0. The molecule has 0 saturated carbocycles. The van der Waals surface area contributed by atoms with Gasteiger partial charge < -0.3 is 5.32 Å². The maximum Gasteiger partial charge on any atom is 0.215 e. The average molecular weight is 315 g/mol. The topological polar surface area (TPSA) is 48.5 Å². The first-order valence-corrected chi connectivity index (χ1v) is 7.44. The highest BCUT2D eigenvalue weighted by Gasteiger charge is 2.26. The molecule has 1 atom stereocenters. The van der Waals surface area contributed by atoms with Crippen molar-refractivity contribution < 1.29 is 0 Å². The zero-order chi connectivity index (χ0) is 14.1. The maximum atomic E-state index is 4.80. The van der Waals surface area contributed by atoms with Gasteiger partial charge >= 0.3 is 0 Å². The average Bonchev–Trinajstić information content (AvgIpc) is 2.54. The summed E-state index contributed by atoms with van der Waals surface area (Å²) >= 11 is 0. The molecule has 0 bridgehead atoms. The lowest BCUT2D eigenvalue weighted by Crippen LogP contribution is -2.38. The number of hydrogen-bond donors (Lipinski definition) is 3. The zero-order valence-electron chi connectivity index (χ0n) is 12.2. The second kappa shape index (κ2) is 6.28. The summed E-state index contributed by atoms with van der Waals surface area (Å²) in [4.78, 5) is 4.80. The number of para-hydroxylation sites is 1. The third-order valence-electron chi connectivity index (χ3n) is 4.09. The van der Waals surface area contributed by atoms with Gasteiger partial charge in [-0.15, -0.1) is 12.4 Å². The SMILES string of the molecule is Cl.c1ccc(NNC2=NC3CCCc4cccc(c43)N2)cc1. The third kappa shape index (κ3) is 2.74. The molecule has 0 aromatic heterocycles. The summed E-state index contributed by atoms with van der Waals surface area (Å²) in [5.74, 6) is 0.787. The fourth-order valence-corrected chi connectivity index (χ4v) is 3.12. The molecule has 1 heterocycles. The number of nitrogens with one attached hydrogen (secondary N) is 3. The van der Waals surface area contributed by atoms with Crippen LogP contribution >= 0.6 is 12.4 Å². The summed E-state index contributed by atoms with van der Waals surface area (Å²) < 4.78 is 0. The quantitative estimate of drug-likeness (QED) is 0.737. The first kappa shape index (κ1) is 14.7. The monoisotopic (exact) mass is 314 g/mol. The lowest BCUT2D eigenvalue weighted by atomic mass is 9.86. The molecular formula is C17H19ClN4. The van der Waals surface area contributed by atoms with E-state index in [9.17, 15) is 0 Å². The van der Waals surface area contributed by atoms with Crippen molar-refractivity contribution in [3.8, 4) is 0 Å². The van der Waals surface area contributed by atoms with Crippen LogP contribution < -0.4 is 16.2 Å². The van der Waals surface area contributed by atoms with E-state index in [2.05, 4.69) is 34.4 Å². The van der Waals surface area contributed by atoms with Crippen LogP contribution in [0.25, 0.3) is 0 Å². The number of hydrogen-bond acceptors (Lipinski definition) is 4. The summed E-state index contributed by atoms with van der Waals surface area (Å²) in [5.41, 5.74) is 11.4. The van der Waals surface area contributed by atoms with E-state index in [0.29, 0.717) is 0 Å². The summed E-state index contributed by atoms with van der Waals surface area (Å²) in [5, 5.41) is 3.38. The van der Waals surface area contributed by atoms with Crippen LogP contribution in [0.15, 0.2) is 53.5 Å². The van der Waals surface area contributed by atoms with Crippen molar-refractivity contribution in [3.63, 3.8) is 0 Å². The van der Waals surface area contributed by atoms with E-state index >= 15 is 0 Å². The summed E-state index contributed by atoms with van der Waals surface area (Å²) in [6.07, 6.45) is 3.51. The van der Waals surface area contributed by atoms with Gasteiger partial charge in [-0.1, -0.05) is 30.3 Å². The molecular weight excluding hydrogens is 296 g/mol. The number of guanidine groups is 1. The minimum absolute atomic E-state index is 0. The number of halogens is 1. The molecule has 3 N–H and O–H groups in total. The normalized spacial score (nSPS) is 18.2. The molecule has 2 aromatic rings. The van der Waals surface area contributed by atoms with E-state index < -0.39 is 0 Å². The van der Waals surface area contributed by atoms with Gasteiger partial charge in [-0.2, -0.15) is 0 Å². The second-order valence-electron chi connectivity index (χ2n) is 5.51.